The smallest absolute Gasteiger partial charge is 0.307 e. The van der Waals surface area contributed by atoms with E-state index >= 15 is 0 Å². The van der Waals surface area contributed by atoms with Crippen LogP contribution in [0.1, 0.15) is 27.2 Å². The number of hydrazone groups is 1. The van der Waals surface area contributed by atoms with Crippen molar-refractivity contribution in [2.75, 3.05) is 0 Å². The van der Waals surface area contributed by atoms with Gasteiger partial charge in [0.2, 0.25) is 5.72 Å². The fraction of sp³-hybridized carbons (Fsp3) is 0.583. The molecule has 11 heteroatoms. The zero-order chi connectivity index (χ0) is 17.6. The van der Waals surface area contributed by atoms with E-state index in [0.717, 1.165) is 17.1 Å². The van der Waals surface area contributed by atoms with E-state index in [1.165, 1.54) is 20.8 Å². The third kappa shape index (κ3) is 2.67. The van der Waals surface area contributed by atoms with Crippen LogP contribution in [-0.2, 0) is 10.3 Å². The second-order valence-corrected chi connectivity index (χ2v) is 5.77. The SMILES string of the molecule is CC1=NN(C(=O)C(C)(C)n2cc([N+](=O)[O-])cn2)C(O)(C(F)F)C1. The number of hydrogen-bond donors (Lipinski definition) is 1. The Bertz CT molecular complexity index is 687. The highest BCUT2D eigenvalue weighted by atomic mass is 19.3. The van der Waals surface area contributed by atoms with Crippen LogP contribution in [-0.4, -0.2) is 48.6 Å². The molecule has 1 atom stereocenters. The largest absolute Gasteiger partial charge is 0.364 e. The Balaban J connectivity index is 2.38. The molecule has 1 aliphatic heterocycles. The summed E-state index contributed by atoms with van der Waals surface area (Å²) in [6.07, 6.45) is -1.76. The van der Waals surface area contributed by atoms with Gasteiger partial charge in [0.15, 0.2) is 0 Å². The molecule has 1 aliphatic rings. The van der Waals surface area contributed by atoms with Gasteiger partial charge in [-0.3, -0.25) is 19.6 Å². The standard InChI is InChI=1S/C12H15F2N5O4/c1-7-4-12(21,9(13)14)18(16-7)10(20)11(2,3)17-6-8(5-15-17)19(22)23/h5-6,9,21H,4H2,1-3H3. The quantitative estimate of drug-likeness (QED) is 0.655. The van der Waals surface area contributed by atoms with Gasteiger partial charge in [0.05, 0.1) is 4.92 Å². The zero-order valence-electron chi connectivity index (χ0n) is 12.6. The molecule has 2 rings (SSSR count). The van der Waals surface area contributed by atoms with E-state index in [0.29, 0.717) is 5.01 Å². The average molecular weight is 331 g/mol. The molecule has 1 unspecified atom stereocenters. The topological polar surface area (TPSA) is 114 Å². The lowest BCUT2D eigenvalue weighted by Crippen LogP contribution is -2.57. The number of nitro groups is 1. The number of alkyl halides is 2. The van der Waals surface area contributed by atoms with Crippen LogP contribution < -0.4 is 0 Å². The lowest BCUT2D eigenvalue weighted by molar-refractivity contribution is -0.385. The molecule has 2 heterocycles. The van der Waals surface area contributed by atoms with E-state index in [1.807, 2.05) is 0 Å². The first-order valence-corrected chi connectivity index (χ1v) is 6.59. The molecule has 0 fully saturated rings. The van der Waals surface area contributed by atoms with Crippen LogP contribution in [0.4, 0.5) is 14.5 Å². The minimum Gasteiger partial charge on any atom is -0.364 e. The molecule has 0 saturated heterocycles. The summed E-state index contributed by atoms with van der Waals surface area (Å²) in [6.45, 7) is 4.08. The lowest BCUT2D eigenvalue weighted by atomic mass is 10.0. The van der Waals surface area contributed by atoms with Crippen LogP contribution in [0.15, 0.2) is 17.5 Å². The van der Waals surface area contributed by atoms with E-state index in [9.17, 15) is 28.8 Å². The molecule has 0 spiro atoms. The Morgan fingerprint density at radius 3 is 2.65 bits per heavy atom. The molecule has 0 bridgehead atoms. The third-order valence-corrected chi connectivity index (χ3v) is 3.57. The number of aliphatic hydroxyl groups is 1. The molecule has 0 aromatic carbocycles. The zero-order valence-corrected chi connectivity index (χ0v) is 12.6. The van der Waals surface area contributed by atoms with Gasteiger partial charge in [-0.15, -0.1) is 0 Å². The molecule has 0 aliphatic carbocycles. The minimum atomic E-state index is -3.23. The maximum atomic E-state index is 13.2. The van der Waals surface area contributed by atoms with Crippen molar-refractivity contribution < 1.29 is 23.6 Å². The van der Waals surface area contributed by atoms with Gasteiger partial charge < -0.3 is 5.11 Å². The summed E-state index contributed by atoms with van der Waals surface area (Å²) < 4.78 is 27.3. The van der Waals surface area contributed by atoms with Crippen LogP contribution >= 0.6 is 0 Å². The Hall–Kier alpha value is -2.43. The number of hydrogen-bond acceptors (Lipinski definition) is 6. The maximum Gasteiger partial charge on any atom is 0.307 e. The Morgan fingerprint density at radius 1 is 1.57 bits per heavy atom. The van der Waals surface area contributed by atoms with Crippen LogP contribution in [0.3, 0.4) is 0 Å². The predicted octanol–water partition coefficient (Wildman–Crippen LogP) is 1.09. The van der Waals surface area contributed by atoms with Crippen LogP contribution in [0.5, 0.6) is 0 Å². The molecule has 126 valence electrons. The molecule has 0 saturated carbocycles. The van der Waals surface area contributed by atoms with Crippen LogP contribution in [0.25, 0.3) is 0 Å². The van der Waals surface area contributed by atoms with E-state index < -0.39 is 34.9 Å². The highest BCUT2D eigenvalue weighted by Gasteiger charge is 2.54. The number of rotatable bonds is 4. The first kappa shape index (κ1) is 16.9. The summed E-state index contributed by atoms with van der Waals surface area (Å²) in [4.78, 5) is 22.6. The Kier molecular flexibility index (Phi) is 3.93. The molecular weight excluding hydrogens is 316 g/mol. The van der Waals surface area contributed by atoms with Gasteiger partial charge in [-0.25, -0.2) is 8.78 Å². The monoisotopic (exact) mass is 331 g/mol. The first-order chi connectivity index (χ1) is 10.5. The maximum absolute atomic E-state index is 13.2. The lowest BCUT2D eigenvalue weighted by Gasteiger charge is -2.35. The van der Waals surface area contributed by atoms with Crippen LogP contribution in [0.2, 0.25) is 0 Å². The second-order valence-electron chi connectivity index (χ2n) is 5.77. The normalized spacial score (nSPS) is 21.7. The number of carbonyl (C=O) groups is 1. The number of amides is 1. The van der Waals surface area contributed by atoms with E-state index in [4.69, 9.17) is 0 Å². The molecule has 1 aromatic heterocycles. The second kappa shape index (κ2) is 5.33. The molecular formula is C12H15F2N5O4. The van der Waals surface area contributed by atoms with E-state index in [2.05, 4.69) is 10.2 Å². The highest BCUT2D eigenvalue weighted by molar-refractivity contribution is 5.91. The summed E-state index contributed by atoms with van der Waals surface area (Å²) in [5, 5.41) is 28.5. The summed E-state index contributed by atoms with van der Waals surface area (Å²) in [6, 6.07) is 0. The third-order valence-electron chi connectivity index (χ3n) is 3.57. The summed E-state index contributed by atoms with van der Waals surface area (Å²) >= 11 is 0. The molecule has 23 heavy (non-hydrogen) atoms. The van der Waals surface area contributed by atoms with Gasteiger partial charge >= 0.3 is 5.69 Å². The van der Waals surface area contributed by atoms with Crippen molar-refractivity contribution in [1.82, 2.24) is 14.8 Å². The Labute approximate surface area is 129 Å². The molecule has 1 N–H and O–H groups in total. The van der Waals surface area contributed by atoms with Gasteiger partial charge in [0.1, 0.15) is 17.9 Å². The fourth-order valence-electron chi connectivity index (χ4n) is 2.21. The van der Waals surface area contributed by atoms with Gasteiger partial charge in [-0.2, -0.15) is 15.2 Å². The average Bonchev–Trinajstić information content (AvgIpc) is 3.03. The van der Waals surface area contributed by atoms with E-state index in [-0.39, 0.29) is 11.4 Å². The molecule has 9 nitrogen and oxygen atoms in total. The summed E-state index contributed by atoms with van der Waals surface area (Å²) in [5.41, 5.74) is -4.48. The molecule has 1 aromatic rings. The van der Waals surface area contributed by atoms with Crippen LogP contribution in [0, 0.1) is 10.1 Å². The highest BCUT2D eigenvalue weighted by Crippen LogP contribution is 2.34. The first-order valence-electron chi connectivity index (χ1n) is 6.59. The van der Waals surface area contributed by atoms with Crippen molar-refractivity contribution in [3.63, 3.8) is 0 Å². The van der Waals surface area contributed by atoms with E-state index in [1.54, 1.807) is 0 Å². The summed E-state index contributed by atoms with van der Waals surface area (Å²) in [7, 11) is 0. The van der Waals surface area contributed by atoms with Gasteiger partial charge in [0, 0.05) is 12.1 Å². The molecule has 1 amide bonds. The number of nitrogens with zero attached hydrogens (tertiary/aromatic N) is 5. The van der Waals surface area contributed by atoms with Crippen molar-refractivity contribution in [2.45, 2.75) is 44.9 Å². The summed E-state index contributed by atoms with van der Waals surface area (Å²) in [5.74, 6) is -0.963. The van der Waals surface area contributed by atoms with Gasteiger partial charge in [-0.05, 0) is 20.8 Å². The number of aromatic nitrogens is 2. The minimum absolute atomic E-state index is 0.170. The number of carbonyl (C=O) groups excluding carboxylic acids is 1. The van der Waals surface area contributed by atoms with Gasteiger partial charge in [-0.1, -0.05) is 0 Å². The fourth-order valence-corrected chi connectivity index (χ4v) is 2.21. The van der Waals surface area contributed by atoms with Crippen molar-refractivity contribution >= 4 is 17.3 Å². The van der Waals surface area contributed by atoms with Crippen molar-refractivity contribution in [1.29, 1.82) is 0 Å². The van der Waals surface area contributed by atoms with Crippen molar-refractivity contribution in [3.05, 3.63) is 22.5 Å². The number of halogens is 2. The van der Waals surface area contributed by atoms with Crippen molar-refractivity contribution in [3.8, 4) is 0 Å². The van der Waals surface area contributed by atoms with Crippen molar-refractivity contribution in [2.24, 2.45) is 5.10 Å². The van der Waals surface area contributed by atoms with Gasteiger partial charge in [0.25, 0.3) is 12.3 Å². The Morgan fingerprint density at radius 2 is 2.17 bits per heavy atom. The predicted molar refractivity (Wildman–Crippen MR) is 73.7 cm³/mol. The molecule has 0 radical (unpaired) electrons.